The van der Waals surface area contributed by atoms with Crippen LogP contribution in [0, 0.1) is 0 Å². The molecule has 5 heteroatoms. The summed E-state index contributed by atoms with van der Waals surface area (Å²) < 4.78 is 5.00. The molecule has 1 unspecified atom stereocenters. The van der Waals surface area contributed by atoms with Gasteiger partial charge in [0, 0.05) is 6.54 Å². The summed E-state index contributed by atoms with van der Waals surface area (Å²) in [6.45, 7) is 6.58. The third kappa shape index (κ3) is 7.36. The van der Waals surface area contributed by atoms with Gasteiger partial charge in [-0.25, -0.2) is 9.59 Å². The molecule has 0 aromatic heterocycles. The first-order valence-corrected chi connectivity index (χ1v) is 7.74. The molecule has 0 aliphatic carbocycles. The monoisotopic (exact) mass is 287 g/mol. The second-order valence-corrected chi connectivity index (χ2v) is 4.95. The Morgan fingerprint density at radius 3 is 2.20 bits per heavy atom. The highest BCUT2D eigenvalue weighted by atomic mass is 16.6. The van der Waals surface area contributed by atoms with Crippen LogP contribution >= 0.6 is 0 Å². The maximum atomic E-state index is 12.0. The van der Waals surface area contributed by atoms with E-state index in [-0.39, 0.29) is 6.61 Å². The van der Waals surface area contributed by atoms with Crippen molar-refractivity contribution in [3.05, 3.63) is 0 Å². The van der Waals surface area contributed by atoms with E-state index in [1.807, 2.05) is 6.92 Å². The van der Waals surface area contributed by atoms with Crippen LogP contribution in [-0.4, -0.2) is 41.3 Å². The molecule has 0 bridgehead atoms. The second kappa shape index (κ2) is 11.6. The third-order valence-electron chi connectivity index (χ3n) is 3.25. The minimum absolute atomic E-state index is 0.268. The molecule has 0 saturated heterocycles. The van der Waals surface area contributed by atoms with Crippen molar-refractivity contribution in [3.8, 4) is 0 Å². The Bertz CT molecular complexity index is 281. The molecule has 118 valence electrons. The Morgan fingerprint density at radius 1 is 1.05 bits per heavy atom. The number of carboxylic acid groups (broad SMARTS) is 1. The fourth-order valence-electron chi connectivity index (χ4n) is 2.10. The topological polar surface area (TPSA) is 66.8 Å². The number of amides is 1. The van der Waals surface area contributed by atoms with Crippen molar-refractivity contribution in [3.63, 3.8) is 0 Å². The fraction of sp³-hybridized carbons (Fsp3) is 0.867. The number of ether oxygens (including phenoxy) is 1. The summed E-state index contributed by atoms with van der Waals surface area (Å²) in [4.78, 5) is 24.7. The maximum Gasteiger partial charge on any atom is 0.410 e. The highest BCUT2D eigenvalue weighted by Gasteiger charge is 2.29. The zero-order valence-corrected chi connectivity index (χ0v) is 13.1. The Hall–Kier alpha value is -1.26. The molecule has 0 saturated carbocycles. The Labute approximate surface area is 122 Å². The molecule has 0 aromatic carbocycles. The molecule has 5 nitrogen and oxygen atoms in total. The van der Waals surface area contributed by atoms with E-state index >= 15 is 0 Å². The maximum absolute atomic E-state index is 12.0. The van der Waals surface area contributed by atoms with Crippen molar-refractivity contribution < 1.29 is 19.4 Å². The summed E-state index contributed by atoms with van der Waals surface area (Å²) in [6, 6.07) is -0.768. The molecule has 0 rings (SSSR count). The fourth-order valence-corrected chi connectivity index (χ4v) is 2.10. The van der Waals surface area contributed by atoms with Crippen molar-refractivity contribution in [1.82, 2.24) is 4.90 Å². The number of carboxylic acids is 1. The van der Waals surface area contributed by atoms with Gasteiger partial charge in [-0.15, -0.1) is 0 Å². The molecule has 1 amide bonds. The first kappa shape index (κ1) is 18.7. The van der Waals surface area contributed by atoms with Crippen LogP contribution in [0.25, 0.3) is 0 Å². The summed E-state index contributed by atoms with van der Waals surface area (Å²) in [6.07, 6.45) is 5.72. The van der Waals surface area contributed by atoms with Crippen molar-refractivity contribution in [2.75, 3.05) is 13.2 Å². The van der Waals surface area contributed by atoms with E-state index in [4.69, 9.17) is 4.74 Å². The summed E-state index contributed by atoms with van der Waals surface area (Å²) in [5, 5.41) is 9.34. The average Bonchev–Trinajstić information content (AvgIpc) is 2.41. The molecule has 0 aromatic rings. The number of hydrogen-bond donors (Lipinski definition) is 1. The van der Waals surface area contributed by atoms with E-state index in [0.29, 0.717) is 13.0 Å². The smallest absolute Gasteiger partial charge is 0.410 e. The number of hydrogen-bond acceptors (Lipinski definition) is 3. The minimum Gasteiger partial charge on any atom is -0.480 e. The Morgan fingerprint density at radius 2 is 1.70 bits per heavy atom. The molecule has 0 heterocycles. The summed E-state index contributed by atoms with van der Waals surface area (Å²) in [5.41, 5.74) is 0. The Balaban J connectivity index is 4.66. The molecule has 1 N–H and O–H groups in total. The van der Waals surface area contributed by atoms with Gasteiger partial charge in [0.15, 0.2) is 0 Å². The van der Waals surface area contributed by atoms with Crippen LogP contribution < -0.4 is 0 Å². The van der Waals surface area contributed by atoms with Gasteiger partial charge in [0.25, 0.3) is 0 Å². The average molecular weight is 287 g/mol. The predicted octanol–water partition coefficient (Wildman–Crippen LogP) is 3.67. The van der Waals surface area contributed by atoms with E-state index in [1.54, 1.807) is 6.92 Å². The zero-order valence-electron chi connectivity index (χ0n) is 13.1. The molecule has 0 aliphatic heterocycles. The number of unbranched alkanes of at least 4 members (excludes halogenated alkanes) is 4. The largest absolute Gasteiger partial charge is 0.480 e. The Kier molecular flexibility index (Phi) is 10.8. The predicted molar refractivity (Wildman–Crippen MR) is 78.8 cm³/mol. The van der Waals surface area contributed by atoms with Crippen LogP contribution in [0.4, 0.5) is 4.79 Å². The third-order valence-corrected chi connectivity index (χ3v) is 3.25. The van der Waals surface area contributed by atoms with Gasteiger partial charge >= 0.3 is 12.1 Å². The van der Waals surface area contributed by atoms with Crippen LogP contribution in [0.1, 0.15) is 65.7 Å². The standard InChI is InChI=1S/C15H29NO4/c1-4-7-9-10-12-16(15(19)20-6-3)13(14(17)18)11-8-5-2/h13H,4-12H2,1-3H3,(H,17,18). The summed E-state index contributed by atoms with van der Waals surface area (Å²) >= 11 is 0. The van der Waals surface area contributed by atoms with E-state index in [1.165, 1.54) is 4.90 Å². The normalized spacial score (nSPS) is 11.9. The van der Waals surface area contributed by atoms with Crippen LogP contribution in [0.15, 0.2) is 0 Å². The molecule has 0 spiro atoms. The van der Waals surface area contributed by atoms with Gasteiger partial charge in [-0.3, -0.25) is 4.90 Å². The van der Waals surface area contributed by atoms with E-state index in [2.05, 4.69) is 6.92 Å². The van der Waals surface area contributed by atoms with Gasteiger partial charge in [-0.2, -0.15) is 0 Å². The van der Waals surface area contributed by atoms with Gasteiger partial charge < -0.3 is 9.84 Å². The van der Waals surface area contributed by atoms with Gasteiger partial charge in [0.1, 0.15) is 6.04 Å². The number of carbonyl (C=O) groups is 2. The minimum atomic E-state index is -0.943. The highest BCUT2D eigenvalue weighted by molar-refractivity contribution is 5.80. The van der Waals surface area contributed by atoms with Gasteiger partial charge in [-0.05, 0) is 19.8 Å². The lowest BCUT2D eigenvalue weighted by Gasteiger charge is -2.28. The van der Waals surface area contributed by atoms with Crippen molar-refractivity contribution in [2.45, 2.75) is 71.8 Å². The molecular formula is C15H29NO4. The quantitative estimate of drug-likeness (QED) is 0.589. The molecule has 0 radical (unpaired) electrons. The second-order valence-electron chi connectivity index (χ2n) is 4.95. The molecule has 20 heavy (non-hydrogen) atoms. The molecule has 1 atom stereocenters. The van der Waals surface area contributed by atoms with Gasteiger partial charge in [0.2, 0.25) is 0 Å². The SMILES string of the molecule is CCCCCCN(C(=O)OCC)C(CCCC)C(=O)O. The molecular weight excluding hydrogens is 258 g/mol. The van der Waals surface area contributed by atoms with Crippen molar-refractivity contribution in [2.24, 2.45) is 0 Å². The van der Waals surface area contributed by atoms with Crippen molar-refractivity contribution >= 4 is 12.1 Å². The molecule has 0 aliphatic rings. The van der Waals surface area contributed by atoms with Crippen LogP contribution in [-0.2, 0) is 9.53 Å². The number of aliphatic carboxylic acids is 1. The van der Waals surface area contributed by atoms with Gasteiger partial charge in [-0.1, -0.05) is 46.0 Å². The van der Waals surface area contributed by atoms with Crippen molar-refractivity contribution in [1.29, 1.82) is 0 Å². The summed E-state index contributed by atoms with van der Waals surface area (Å²) in [5.74, 6) is -0.943. The molecule has 0 fully saturated rings. The van der Waals surface area contributed by atoms with Crippen LogP contribution in [0.2, 0.25) is 0 Å². The number of carbonyl (C=O) groups excluding carboxylic acids is 1. The van der Waals surface area contributed by atoms with E-state index in [9.17, 15) is 14.7 Å². The van der Waals surface area contributed by atoms with Gasteiger partial charge in [0.05, 0.1) is 6.61 Å². The lowest BCUT2D eigenvalue weighted by atomic mass is 10.1. The zero-order chi connectivity index (χ0) is 15.4. The lowest BCUT2D eigenvalue weighted by Crippen LogP contribution is -2.46. The number of nitrogens with zero attached hydrogens (tertiary/aromatic N) is 1. The first-order chi connectivity index (χ1) is 9.58. The van der Waals surface area contributed by atoms with Crippen LogP contribution in [0.5, 0.6) is 0 Å². The highest BCUT2D eigenvalue weighted by Crippen LogP contribution is 2.13. The van der Waals surface area contributed by atoms with Crippen LogP contribution in [0.3, 0.4) is 0 Å². The van der Waals surface area contributed by atoms with E-state index < -0.39 is 18.1 Å². The lowest BCUT2D eigenvalue weighted by molar-refractivity contribution is -0.143. The van der Waals surface area contributed by atoms with E-state index in [0.717, 1.165) is 38.5 Å². The summed E-state index contributed by atoms with van der Waals surface area (Å²) in [7, 11) is 0. The first-order valence-electron chi connectivity index (χ1n) is 7.74. The number of rotatable bonds is 11.